The molecule has 0 aliphatic carbocycles. The van der Waals surface area contributed by atoms with Crippen LogP contribution in [0.3, 0.4) is 0 Å². The first-order chi connectivity index (χ1) is 9.15. The highest BCUT2D eigenvalue weighted by atomic mass is 35.5. The third-order valence-electron chi connectivity index (χ3n) is 2.43. The summed E-state index contributed by atoms with van der Waals surface area (Å²) >= 11 is 0. The number of nitrogens with two attached hydrogens (primary N) is 1. The van der Waals surface area contributed by atoms with Crippen molar-refractivity contribution in [1.29, 1.82) is 0 Å². The van der Waals surface area contributed by atoms with E-state index in [4.69, 9.17) is 0 Å². The van der Waals surface area contributed by atoms with Gasteiger partial charge in [0.15, 0.2) is 0 Å². The first-order valence-corrected chi connectivity index (χ1v) is 4.96. The van der Waals surface area contributed by atoms with Gasteiger partial charge in [-0.25, -0.2) is 4.39 Å². The molecule has 0 aliphatic rings. The highest BCUT2D eigenvalue weighted by Crippen LogP contribution is 2.43. The molecule has 0 saturated carbocycles. The molecule has 128 valence electrons. The van der Waals surface area contributed by atoms with E-state index in [1.54, 1.807) is 0 Å². The van der Waals surface area contributed by atoms with Crippen LogP contribution in [0.15, 0.2) is 12.1 Å². The summed E-state index contributed by atoms with van der Waals surface area (Å²) in [6.45, 7) is 0. The third kappa shape index (κ3) is 4.38. The van der Waals surface area contributed by atoms with Crippen LogP contribution in [0.2, 0.25) is 0 Å². The van der Waals surface area contributed by atoms with Gasteiger partial charge in [0.05, 0.1) is 11.1 Å². The Labute approximate surface area is 122 Å². The van der Waals surface area contributed by atoms with Gasteiger partial charge < -0.3 is 5.73 Å². The van der Waals surface area contributed by atoms with Gasteiger partial charge >= 0.3 is 18.5 Å². The Kier molecular flexibility index (Phi) is 5.77. The van der Waals surface area contributed by atoms with Crippen LogP contribution in [0.25, 0.3) is 0 Å². The van der Waals surface area contributed by atoms with Gasteiger partial charge in [-0.1, -0.05) is 0 Å². The fourth-order valence-electron chi connectivity index (χ4n) is 1.50. The van der Waals surface area contributed by atoms with Crippen molar-refractivity contribution in [2.45, 2.75) is 24.6 Å². The molecule has 0 fully saturated rings. The smallest absolute Gasteiger partial charge is 0.316 e. The molecule has 0 radical (unpaired) electrons. The minimum atomic E-state index is -5.64. The molecular weight excluding hydrogens is 360 g/mol. The van der Waals surface area contributed by atoms with Crippen LogP contribution in [0.1, 0.15) is 22.7 Å². The van der Waals surface area contributed by atoms with E-state index < -0.39 is 59.2 Å². The fraction of sp³-hybridized carbons (Fsp3) is 0.400. The normalized spacial score (nSPS) is 14.5. The topological polar surface area (TPSA) is 26.0 Å². The minimum absolute atomic E-state index is 0. The number of rotatable bonds is 1. The molecule has 22 heavy (non-hydrogen) atoms. The van der Waals surface area contributed by atoms with E-state index in [0.29, 0.717) is 0 Å². The van der Waals surface area contributed by atoms with Crippen molar-refractivity contribution in [3.05, 3.63) is 34.6 Å². The number of hydrogen-bond acceptors (Lipinski definition) is 1. The largest absolute Gasteiger partial charge is 0.416 e. The molecule has 1 atom stereocenters. The molecule has 0 saturated heterocycles. The number of hydrogen-bond donors (Lipinski definition) is 1. The molecule has 0 aliphatic heterocycles. The van der Waals surface area contributed by atoms with Crippen LogP contribution in [0, 0.1) is 5.82 Å². The van der Waals surface area contributed by atoms with Gasteiger partial charge in [-0.15, -0.1) is 12.4 Å². The molecule has 2 N–H and O–H groups in total. The summed E-state index contributed by atoms with van der Waals surface area (Å²) in [7, 11) is 0. The molecular formula is C10H6ClF10N. The first kappa shape index (κ1) is 20.8. The lowest BCUT2D eigenvalue weighted by Gasteiger charge is -2.22. The summed E-state index contributed by atoms with van der Waals surface area (Å²) in [6.07, 6.45) is -16.5. The van der Waals surface area contributed by atoms with Crippen molar-refractivity contribution in [2.24, 2.45) is 5.73 Å². The second-order valence-electron chi connectivity index (χ2n) is 3.93. The van der Waals surface area contributed by atoms with E-state index in [2.05, 4.69) is 5.73 Å². The van der Waals surface area contributed by atoms with E-state index >= 15 is 0 Å². The van der Waals surface area contributed by atoms with Crippen molar-refractivity contribution in [3.8, 4) is 0 Å². The van der Waals surface area contributed by atoms with Crippen LogP contribution in [-0.2, 0) is 12.4 Å². The minimum Gasteiger partial charge on any atom is -0.316 e. The highest BCUT2D eigenvalue weighted by Gasteiger charge is 2.47. The molecule has 0 aromatic heterocycles. The first-order valence-electron chi connectivity index (χ1n) is 4.96. The number of halogens is 11. The van der Waals surface area contributed by atoms with Crippen molar-refractivity contribution in [2.75, 3.05) is 0 Å². The summed E-state index contributed by atoms with van der Waals surface area (Å²) in [6, 6.07) is -4.48. The summed E-state index contributed by atoms with van der Waals surface area (Å²) in [4.78, 5) is 0. The van der Waals surface area contributed by atoms with E-state index in [1.807, 2.05) is 0 Å². The Morgan fingerprint density at radius 1 is 0.818 bits per heavy atom. The third-order valence-corrected chi connectivity index (χ3v) is 2.43. The zero-order valence-electron chi connectivity index (χ0n) is 10.00. The monoisotopic (exact) mass is 365 g/mol. The molecule has 0 amide bonds. The van der Waals surface area contributed by atoms with Crippen LogP contribution in [0.5, 0.6) is 0 Å². The number of alkyl halides is 9. The highest BCUT2D eigenvalue weighted by molar-refractivity contribution is 5.85. The molecule has 12 heteroatoms. The predicted molar refractivity (Wildman–Crippen MR) is 56.6 cm³/mol. The zero-order valence-corrected chi connectivity index (χ0v) is 10.8. The number of benzene rings is 1. The van der Waals surface area contributed by atoms with Gasteiger partial charge in [-0.2, -0.15) is 39.5 Å². The summed E-state index contributed by atoms with van der Waals surface area (Å²) in [5.41, 5.74) is -2.08. The molecule has 1 aromatic carbocycles. The quantitative estimate of drug-likeness (QED) is 0.708. The van der Waals surface area contributed by atoms with Gasteiger partial charge in [-0.3, -0.25) is 0 Å². The Hall–Kier alpha value is -1.23. The van der Waals surface area contributed by atoms with E-state index in [0.717, 1.165) is 0 Å². The summed E-state index contributed by atoms with van der Waals surface area (Å²) in [5.74, 6) is -2.33. The second kappa shape index (κ2) is 6.11. The Morgan fingerprint density at radius 3 is 1.59 bits per heavy atom. The Morgan fingerprint density at radius 2 is 1.27 bits per heavy atom. The maximum atomic E-state index is 13.4. The van der Waals surface area contributed by atoms with Crippen LogP contribution in [0.4, 0.5) is 43.9 Å². The van der Waals surface area contributed by atoms with E-state index in [1.165, 1.54) is 0 Å². The zero-order chi connectivity index (χ0) is 16.8. The van der Waals surface area contributed by atoms with Gasteiger partial charge in [0.2, 0.25) is 0 Å². The van der Waals surface area contributed by atoms with Crippen LogP contribution in [-0.4, -0.2) is 6.18 Å². The SMILES string of the molecule is Cl.N[C@@H](c1c(F)cc(C(F)(F)F)cc1C(F)(F)F)C(F)(F)F. The van der Waals surface area contributed by atoms with Crippen molar-refractivity contribution in [3.63, 3.8) is 0 Å². The van der Waals surface area contributed by atoms with Crippen LogP contribution < -0.4 is 5.73 Å². The summed E-state index contributed by atoms with van der Waals surface area (Å²) in [5, 5.41) is 0. The van der Waals surface area contributed by atoms with Gasteiger partial charge in [0.25, 0.3) is 0 Å². The van der Waals surface area contributed by atoms with Crippen molar-refractivity contribution < 1.29 is 43.9 Å². The Balaban J connectivity index is 0.00000441. The van der Waals surface area contributed by atoms with E-state index in [9.17, 15) is 43.9 Å². The van der Waals surface area contributed by atoms with Crippen molar-refractivity contribution in [1.82, 2.24) is 0 Å². The van der Waals surface area contributed by atoms with Gasteiger partial charge in [0, 0.05) is 5.56 Å². The molecule has 1 nitrogen and oxygen atoms in total. The molecule has 0 bridgehead atoms. The molecule has 0 spiro atoms. The second-order valence-corrected chi connectivity index (χ2v) is 3.93. The predicted octanol–water partition coefficient (Wildman–Crippen LogP) is 4.85. The van der Waals surface area contributed by atoms with Crippen molar-refractivity contribution >= 4 is 12.4 Å². The van der Waals surface area contributed by atoms with Gasteiger partial charge in [0.1, 0.15) is 11.9 Å². The summed E-state index contributed by atoms with van der Waals surface area (Å²) < 4.78 is 125. The lowest BCUT2D eigenvalue weighted by Crippen LogP contribution is -2.32. The molecule has 1 rings (SSSR count). The van der Waals surface area contributed by atoms with Gasteiger partial charge in [-0.05, 0) is 12.1 Å². The Bertz CT molecular complexity index is 530. The maximum Gasteiger partial charge on any atom is 0.416 e. The maximum absolute atomic E-state index is 13.4. The standard InChI is InChI=1S/C10H5F10N.ClH/c11-5-2-3(8(12,13)14)1-4(9(15,16)17)6(5)7(21)10(18,19)20;/h1-2,7H,21H2;1H/t7-;/m0./s1. The lowest BCUT2D eigenvalue weighted by atomic mass is 9.96. The average Bonchev–Trinajstić information content (AvgIpc) is 2.23. The fourth-order valence-corrected chi connectivity index (χ4v) is 1.50. The van der Waals surface area contributed by atoms with E-state index in [-0.39, 0.29) is 12.4 Å². The molecule has 0 heterocycles. The molecule has 0 unspecified atom stereocenters. The molecule has 1 aromatic rings. The lowest BCUT2D eigenvalue weighted by molar-refractivity contribution is -0.157. The van der Waals surface area contributed by atoms with Crippen LogP contribution >= 0.6 is 12.4 Å². The average molecular weight is 366 g/mol.